The third-order valence-corrected chi connectivity index (χ3v) is 7.24. The number of aromatic nitrogens is 3. The minimum atomic E-state index is -0.779. The van der Waals surface area contributed by atoms with E-state index in [9.17, 15) is 13.6 Å². The molecule has 9 heteroatoms. The van der Waals surface area contributed by atoms with E-state index in [1.807, 2.05) is 31.7 Å². The van der Waals surface area contributed by atoms with Gasteiger partial charge in [0.05, 0.1) is 17.8 Å². The van der Waals surface area contributed by atoms with Crippen molar-refractivity contribution >= 4 is 17.2 Å². The number of aryl methyl sites for hydroxylation is 1. The Labute approximate surface area is 187 Å². The van der Waals surface area contributed by atoms with E-state index < -0.39 is 17.0 Å². The summed E-state index contributed by atoms with van der Waals surface area (Å²) in [4.78, 5) is 16.3. The van der Waals surface area contributed by atoms with Gasteiger partial charge in [0, 0.05) is 47.8 Å². The van der Waals surface area contributed by atoms with E-state index in [1.165, 1.54) is 17.7 Å². The van der Waals surface area contributed by atoms with Crippen LogP contribution in [0.1, 0.15) is 46.4 Å². The molecule has 0 fully saturated rings. The summed E-state index contributed by atoms with van der Waals surface area (Å²) in [5.41, 5.74) is 1.87. The van der Waals surface area contributed by atoms with Gasteiger partial charge in [0.15, 0.2) is 11.5 Å². The number of amides is 1. The van der Waals surface area contributed by atoms with Crippen LogP contribution in [0.3, 0.4) is 0 Å². The SMILES string of the molecule is CC1c2sccc2C(C)(c2cnn(C)c2)CN1C(=O)c1cc(-c2ccc(F)cc2F)on1. The number of fused-ring (bicyclic) bond motifs is 1. The summed E-state index contributed by atoms with van der Waals surface area (Å²) in [7, 11) is 1.86. The number of benzene rings is 1. The second-order valence-corrected chi connectivity index (χ2v) is 9.19. The van der Waals surface area contributed by atoms with E-state index in [0.717, 1.165) is 22.6 Å². The molecule has 4 aromatic rings. The number of nitrogens with zero attached hydrogens (tertiary/aromatic N) is 4. The lowest BCUT2D eigenvalue weighted by Crippen LogP contribution is -2.48. The molecule has 0 bridgehead atoms. The van der Waals surface area contributed by atoms with E-state index >= 15 is 0 Å². The van der Waals surface area contributed by atoms with E-state index in [4.69, 9.17) is 4.52 Å². The Hall–Kier alpha value is -3.33. The predicted octanol–water partition coefficient (Wildman–Crippen LogP) is 4.94. The van der Waals surface area contributed by atoms with Crippen molar-refractivity contribution in [2.75, 3.05) is 6.54 Å². The number of hydrogen-bond donors (Lipinski definition) is 0. The molecule has 1 aliphatic heterocycles. The van der Waals surface area contributed by atoms with Crippen LogP contribution in [-0.4, -0.2) is 32.3 Å². The maximum Gasteiger partial charge on any atom is 0.276 e. The van der Waals surface area contributed by atoms with E-state index in [1.54, 1.807) is 20.9 Å². The lowest BCUT2D eigenvalue weighted by atomic mass is 9.74. The summed E-state index contributed by atoms with van der Waals surface area (Å²) in [5, 5.41) is 10.3. The molecule has 4 heterocycles. The van der Waals surface area contributed by atoms with Crippen LogP contribution in [0.15, 0.2) is 52.6 Å². The van der Waals surface area contributed by atoms with Gasteiger partial charge in [0.1, 0.15) is 11.6 Å². The molecule has 0 saturated heterocycles. The highest BCUT2D eigenvalue weighted by Gasteiger charge is 2.44. The fraction of sp³-hybridized carbons (Fsp3) is 0.261. The maximum absolute atomic E-state index is 14.2. The second kappa shape index (κ2) is 7.37. The molecule has 164 valence electrons. The molecule has 0 radical (unpaired) electrons. The van der Waals surface area contributed by atoms with Gasteiger partial charge in [-0.25, -0.2) is 8.78 Å². The third-order valence-electron chi connectivity index (χ3n) is 6.15. The van der Waals surface area contributed by atoms with Gasteiger partial charge in [-0.1, -0.05) is 5.16 Å². The number of halogens is 2. The molecule has 2 atom stereocenters. The first-order valence-corrected chi connectivity index (χ1v) is 11.0. The van der Waals surface area contributed by atoms with Crippen LogP contribution >= 0.6 is 11.3 Å². The minimum Gasteiger partial charge on any atom is -0.355 e. The highest BCUT2D eigenvalue weighted by atomic mass is 32.1. The van der Waals surface area contributed by atoms with Gasteiger partial charge in [0.2, 0.25) is 0 Å². The number of hydrogen-bond acceptors (Lipinski definition) is 5. The van der Waals surface area contributed by atoms with Gasteiger partial charge in [-0.2, -0.15) is 5.10 Å². The quantitative estimate of drug-likeness (QED) is 0.440. The topological polar surface area (TPSA) is 64.2 Å². The van der Waals surface area contributed by atoms with Crippen LogP contribution in [-0.2, 0) is 12.5 Å². The largest absolute Gasteiger partial charge is 0.355 e. The first-order valence-electron chi connectivity index (χ1n) is 10.1. The van der Waals surface area contributed by atoms with Gasteiger partial charge in [-0.15, -0.1) is 11.3 Å². The molecule has 1 aromatic carbocycles. The van der Waals surface area contributed by atoms with Crippen LogP contribution in [0.5, 0.6) is 0 Å². The maximum atomic E-state index is 14.2. The Bertz CT molecular complexity index is 1330. The fourth-order valence-corrected chi connectivity index (χ4v) is 5.44. The monoisotopic (exact) mass is 454 g/mol. The highest BCUT2D eigenvalue weighted by Crippen LogP contribution is 2.46. The molecule has 1 amide bonds. The first kappa shape index (κ1) is 20.6. The lowest BCUT2D eigenvalue weighted by molar-refractivity contribution is 0.0622. The summed E-state index contributed by atoms with van der Waals surface area (Å²) < 4.78 is 34.4. The first-order chi connectivity index (χ1) is 15.3. The molecular formula is C23H20F2N4O2S. The lowest BCUT2D eigenvalue weighted by Gasteiger charge is -2.43. The molecule has 0 N–H and O–H groups in total. The third kappa shape index (κ3) is 3.15. The van der Waals surface area contributed by atoms with Crippen molar-refractivity contribution in [1.82, 2.24) is 19.8 Å². The molecule has 0 spiro atoms. The van der Waals surface area contributed by atoms with Crippen LogP contribution in [0.4, 0.5) is 8.78 Å². The average Bonchev–Trinajstić information content (AvgIpc) is 3.51. The molecular weight excluding hydrogens is 434 g/mol. The summed E-state index contributed by atoms with van der Waals surface area (Å²) in [5.74, 6) is -1.71. The second-order valence-electron chi connectivity index (χ2n) is 8.24. The summed E-state index contributed by atoms with van der Waals surface area (Å²) >= 11 is 1.61. The zero-order valence-electron chi connectivity index (χ0n) is 17.7. The number of carbonyl (C=O) groups is 1. The standard InChI is InChI=1S/C23H20F2N4O2S/c1-13-21-17(6-7-32-21)23(2,14-10-26-28(3)11-14)12-29(13)22(30)19-9-20(31-27-19)16-5-4-15(24)8-18(16)25/h4-11,13H,12H2,1-3H3. The molecule has 1 aliphatic rings. The molecule has 3 aromatic heterocycles. The van der Waals surface area contributed by atoms with Crippen LogP contribution in [0, 0.1) is 11.6 Å². The molecule has 2 unspecified atom stereocenters. The molecule has 0 aliphatic carbocycles. The summed E-state index contributed by atoms with van der Waals surface area (Å²) in [6, 6.07) is 6.51. The van der Waals surface area contributed by atoms with E-state index in [0.29, 0.717) is 6.54 Å². The van der Waals surface area contributed by atoms with Crippen molar-refractivity contribution in [2.24, 2.45) is 7.05 Å². The van der Waals surface area contributed by atoms with Gasteiger partial charge in [-0.3, -0.25) is 9.48 Å². The number of thiophene rings is 1. The molecule has 6 nitrogen and oxygen atoms in total. The Morgan fingerprint density at radius 3 is 2.81 bits per heavy atom. The Morgan fingerprint density at radius 2 is 2.09 bits per heavy atom. The van der Waals surface area contributed by atoms with E-state index in [2.05, 4.69) is 23.2 Å². The van der Waals surface area contributed by atoms with Crippen LogP contribution in [0.2, 0.25) is 0 Å². The highest BCUT2D eigenvalue weighted by molar-refractivity contribution is 7.10. The number of rotatable bonds is 3. The fourth-order valence-electron chi connectivity index (χ4n) is 4.34. The van der Waals surface area contributed by atoms with Gasteiger partial charge < -0.3 is 9.42 Å². The Kier molecular flexibility index (Phi) is 4.74. The van der Waals surface area contributed by atoms with Crippen molar-refractivity contribution in [2.45, 2.75) is 25.3 Å². The van der Waals surface area contributed by atoms with Gasteiger partial charge in [-0.05, 0) is 43.0 Å². The zero-order valence-corrected chi connectivity index (χ0v) is 18.5. The Balaban J connectivity index is 1.51. The van der Waals surface area contributed by atoms with Crippen molar-refractivity contribution in [3.63, 3.8) is 0 Å². The zero-order chi connectivity index (χ0) is 22.6. The normalized spacial score (nSPS) is 20.4. The van der Waals surface area contributed by atoms with Crippen molar-refractivity contribution in [3.05, 3.63) is 81.4 Å². The number of carbonyl (C=O) groups excluding carboxylic acids is 1. The molecule has 32 heavy (non-hydrogen) atoms. The van der Waals surface area contributed by atoms with Crippen LogP contribution < -0.4 is 0 Å². The smallest absolute Gasteiger partial charge is 0.276 e. The van der Waals surface area contributed by atoms with E-state index in [-0.39, 0.29) is 29.0 Å². The van der Waals surface area contributed by atoms with Crippen molar-refractivity contribution in [3.8, 4) is 11.3 Å². The van der Waals surface area contributed by atoms with Crippen molar-refractivity contribution < 1.29 is 18.1 Å². The average molecular weight is 455 g/mol. The predicted molar refractivity (Wildman–Crippen MR) is 115 cm³/mol. The Morgan fingerprint density at radius 1 is 1.28 bits per heavy atom. The molecule has 5 rings (SSSR count). The summed E-state index contributed by atoms with van der Waals surface area (Å²) in [6.45, 7) is 4.51. The van der Waals surface area contributed by atoms with Gasteiger partial charge in [0.25, 0.3) is 5.91 Å². The minimum absolute atomic E-state index is 0.0467. The van der Waals surface area contributed by atoms with Crippen molar-refractivity contribution in [1.29, 1.82) is 0 Å². The molecule has 0 saturated carbocycles. The summed E-state index contributed by atoms with van der Waals surface area (Å²) in [6.07, 6.45) is 3.79. The van der Waals surface area contributed by atoms with Crippen LogP contribution in [0.25, 0.3) is 11.3 Å². The van der Waals surface area contributed by atoms with Gasteiger partial charge >= 0.3 is 0 Å².